The number of morpholine rings is 1. The van der Waals surface area contributed by atoms with Gasteiger partial charge in [0.25, 0.3) is 5.91 Å². The minimum absolute atomic E-state index is 0.0754. The van der Waals surface area contributed by atoms with Gasteiger partial charge in [0.1, 0.15) is 0 Å². The molecule has 6 rings (SSSR count). The lowest BCUT2D eigenvalue weighted by Crippen LogP contribution is -2.41. The van der Waals surface area contributed by atoms with Gasteiger partial charge in [-0.2, -0.15) is 0 Å². The van der Waals surface area contributed by atoms with Crippen LogP contribution in [0, 0.1) is 5.41 Å². The Hall–Kier alpha value is -3.28. The maximum atomic E-state index is 13.7. The number of amides is 1. The van der Waals surface area contributed by atoms with E-state index in [4.69, 9.17) is 14.3 Å². The summed E-state index contributed by atoms with van der Waals surface area (Å²) in [7, 11) is -3.68. The molecule has 2 saturated heterocycles. The van der Waals surface area contributed by atoms with Crippen molar-refractivity contribution in [2.24, 2.45) is 5.41 Å². The summed E-state index contributed by atoms with van der Waals surface area (Å²) in [4.78, 5) is 18.1. The van der Waals surface area contributed by atoms with Gasteiger partial charge in [0, 0.05) is 37.1 Å². The molecule has 1 spiro atoms. The number of hydrogen-bond donors (Lipinski definition) is 3. The standard InChI is InChI=1S/C29H36N4O6S/c1-20-19-33(11-14-38-20)26-17-22(16-21-4-13-39-27(21)26)28(35)30-24-3-2-23(31-40(36,37)15-12-34)18-25(24)32-9-7-29(5-6-29)8-10-32/h2-4,13,16-18,20,31,34H,5-12,14-15,19H2,1H3,(H,30,35)/t20-/m0/s1. The highest BCUT2D eigenvalue weighted by molar-refractivity contribution is 7.92. The number of carbonyl (C=O) groups excluding carboxylic acids is 1. The summed E-state index contributed by atoms with van der Waals surface area (Å²) >= 11 is 0. The molecule has 0 bridgehead atoms. The number of rotatable bonds is 8. The van der Waals surface area contributed by atoms with Crippen LogP contribution >= 0.6 is 0 Å². The van der Waals surface area contributed by atoms with Crippen molar-refractivity contribution >= 4 is 49.6 Å². The van der Waals surface area contributed by atoms with Gasteiger partial charge in [-0.05, 0) is 74.4 Å². The summed E-state index contributed by atoms with van der Waals surface area (Å²) < 4.78 is 38.7. The molecule has 11 heteroatoms. The van der Waals surface area contributed by atoms with Crippen LogP contribution in [-0.2, 0) is 14.8 Å². The number of fused-ring (bicyclic) bond motifs is 1. The molecule has 1 saturated carbocycles. The maximum absolute atomic E-state index is 13.7. The van der Waals surface area contributed by atoms with Gasteiger partial charge < -0.3 is 29.4 Å². The fourth-order valence-electron chi connectivity index (χ4n) is 5.87. The number of anilines is 4. The van der Waals surface area contributed by atoms with E-state index in [1.54, 1.807) is 24.5 Å². The SMILES string of the molecule is C[C@H]1CN(c2cc(C(=O)Nc3ccc(NS(=O)(=O)CCO)cc3N3CCC4(CC3)CC4)cc3ccoc23)CCO1. The molecular weight excluding hydrogens is 532 g/mol. The molecule has 3 fully saturated rings. The largest absolute Gasteiger partial charge is 0.462 e. The lowest BCUT2D eigenvalue weighted by molar-refractivity contribution is 0.0532. The first-order chi connectivity index (χ1) is 19.2. The number of hydrogen-bond acceptors (Lipinski definition) is 8. The molecule has 3 heterocycles. The number of ether oxygens (including phenoxy) is 1. The molecule has 10 nitrogen and oxygen atoms in total. The smallest absolute Gasteiger partial charge is 0.255 e. The van der Waals surface area contributed by atoms with Gasteiger partial charge >= 0.3 is 0 Å². The van der Waals surface area contributed by atoms with Gasteiger partial charge in [0.15, 0.2) is 5.58 Å². The molecule has 0 radical (unpaired) electrons. The summed E-state index contributed by atoms with van der Waals surface area (Å²) in [6.45, 7) is 5.27. The Labute approximate surface area is 234 Å². The molecule has 0 unspecified atom stereocenters. The van der Waals surface area contributed by atoms with Crippen molar-refractivity contribution in [2.75, 3.05) is 65.0 Å². The van der Waals surface area contributed by atoms with Crippen molar-refractivity contribution < 1.29 is 27.5 Å². The molecule has 1 amide bonds. The van der Waals surface area contributed by atoms with Gasteiger partial charge in [-0.3, -0.25) is 9.52 Å². The first-order valence-electron chi connectivity index (χ1n) is 13.9. The number of aliphatic hydroxyl groups is 1. The van der Waals surface area contributed by atoms with Gasteiger partial charge in [0.05, 0.1) is 54.1 Å². The van der Waals surface area contributed by atoms with E-state index >= 15 is 0 Å². The quantitative estimate of drug-likeness (QED) is 0.372. The second-order valence-electron chi connectivity index (χ2n) is 11.3. The molecule has 3 aromatic rings. The van der Waals surface area contributed by atoms with Gasteiger partial charge in [-0.25, -0.2) is 8.42 Å². The Bertz CT molecular complexity index is 1510. The molecule has 3 aliphatic rings. The summed E-state index contributed by atoms with van der Waals surface area (Å²) in [6, 6.07) is 10.7. The molecule has 2 aromatic carbocycles. The van der Waals surface area contributed by atoms with Crippen LogP contribution in [0.5, 0.6) is 0 Å². The predicted octanol–water partition coefficient (Wildman–Crippen LogP) is 4.02. The summed E-state index contributed by atoms with van der Waals surface area (Å²) in [5.41, 5.74) is 4.38. The molecule has 1 aromatic heterocycles. The van der Waals surface area contributed by atoms with Crippen molar-refractivity contribution in [1.29, 1.82) is 0 Å². The van der Waals surface area contributed by atoms with Crippen LogP contribution in [0.1, 0.15) is 43.0 Å². The number of sulfonamides is 1. The third-order valence-corrected chi connectivity index (χ3v) is 9.64. The number of carbonyl (C=O) groups is 1. The van der Waals surface area contributed by atoms with Crippen LogP contribution in [0.4, 0.5) is 22.7 Å². The monoisotopic (exact) mass is 568 g/mol. The minimum Gasteiger partial charge on any atom is -0.462 e. The van der Waals surface area contributed by atoms with Crippen molar-refractivity contribution in [3.8, 4) is 0 Å². The highest BCUT2D eigenvalue weighted by atomic mass is 32.2. The Kier molecular flexibility index (Phi) is 7.14. The van der Waals surface area contributed by atoms with E-state index in [0.29, 0.717) is 42.0 Å². The van der Waals surface area contributed by atoms with Crippen LogP contribution < -0.4 is 19.8 Å². The third kappa shape index (κ3) is 5.63. The summed E-state index contributed by atoms with van der Waals surface area (Å²) in [5.74, 6) is -0.635. The van der Waals surface area contributed by atoms with E-state index in [-0.39, 0.29) is 17.8 Å². The average molecular weight is 569 g/mol. The second kappa shape index (κ2) is 10.6. The summed E-state index contributed by atoms with van der Waals surface area (Å²) in [6.07, 6.45) is 6.42. The number of benzene rings is 2. The normalized spacial score (nSPS) is 20.6. The molecular formula is C29H36N4O6S. The van der Waals surface area contributed by atoms with E-state index in [2.05, 4.69) is 19.8 Å². The van der Waals surface area contributed by atoms with Crippen LogP contribution in [-0.4, -0.2) is 70.7 Å². The van der Waals surface area contributed by atoms with E-state index < -0.39 is 16.6 Å². The number of furan rings is 1. The average Bonchev–Trinajstić information content (AvgIpc) is 3.50. The van der Waals surface area contributed by atoms with Crippen molar-refractivity contribution in [2.45, 2.75) is 38.7 Å². The third-order valence-electron chi connectivity index (χ3n) is 8.38. The Morgan fingerprint density at radius 2 is 1.85 bits per heavy atom. The predicted molar refractivity (Wildman–Crippen MR) is 156 cm³/mol. The van der Waals surface area contributed by atoms with E-state index in [1.807, 2.05) is 25.1 Å². The Morgan fingerprint density at radius 3 is 2.58 bits per heavy atom. The number of nitrogens with zero attached hydrogens (tertiary/aromatic N) is 2. The van der Waals surface area contributed by atoms with Gasteiger partial charge in [-0.1, -0.05) is 0 Å². The van der Waals surface area contributed by atoms with Crippen molar-refractivity contribution in [3.05, 3.63) is 48.2 Å². The zero-order valence-corrected chi connectivity index (χ0v) is 23.5. The second-order valence-corrected chi connectivity index (χ2v) is 13.1. The van der Waals surface area contributed by atoms with Crippen LogP contribution in [0.25, 0.3) is 11.0 Å². The van der Waals surface area contributed by atoms with E-state index in [9.17, 15) is 13.2 Å². The fraction of sp³-hybridized carbons (Fsp3) is 0.483. The topological polar surface area (TPSA) is 124 Å². The molecule has 40 heavy (non-hydrogen) atoms. The first-order valence-corrected chi connectivity index (χ1v) is 15.6. The zero-order chi connectivity index (χ0) is 27.9. The molecule has 3 N–H and O–H groups in total. The van der Waals surface area contributed by atoms with E-state index in [0.717, 1.165) is 48.3 Å². The van der Waals surface area contributed by atoms with Crippen molar-refractivity contribution in [1.82, 2.24) is 0 Å². The zero-order valence-electron chi connectivity index (χ0n) is 22.7. The minimum atomic E-state index is -3.68. The maximum Gasteiger partial charge on any atom is 0.255 e. The Balaban J connectivity index is 1.30. The van der Waals surface area contributed by atoms with Crippen LogP contribution in [0.3, 0.4) is 0 Å². The van der Waals surface area contributed by atoms with Crippen molar-refractivity contribution in [3.63, 3.8) is 0 Å². The van der Waals surface area contributed by atoms with Crippen LogP contribution in [0.15, 0.2) is 47.1 Å². The lowest BCUT2D eigenvalue weighted by Gasteiger charge is -2.35. The molecule has 1 aliphatic carbocycles. The molecule has 2 aliphatic heterocycles. The summed E-state index contributed by atoms with van der Waals surface area (Å²) in [5, 5.41) is 13.1. The van der Waals surface area contributed by atoms with E-state index in [1.165, 1.54) is 12.8 Å². The number of piperidine rings is 1. The van der Waals surface area contributed by atoms with Crippen LogP contribution in [0.2, 0.25) is 0 Å². The highest BCUT2D eigenvalue weighted by Gasteiger charge is 2.44. The number of nitrogens with one attached hydrogen (secondary N) is 2. The van der Waals surface area contributed by atoms with Gasteiger partial charge in [-0.15, -0.1) is 0 Å². The Morgan fingerprint density at radius 1 is 1.05 bits per heavy atom. The fourth-order valence-corrected chi connectivity index (χ4v) is 6.70. The molecule has 1 atom stereocenters. The highest BCUT2D eigenvalue weighted by Crippen LogP contribution is 2.54. The van der Waals surface area contributed by atoms with Gasteiger partial charge in [0.2, 0.25) is 10.0 Å². The lowest BCUT2D eigenvalue weighted by atomic mass is 9.93. The molecule has 214 valence electrons. The number of aliphatic hydroxyl groups excluding tert-OH is 1. The first kappa shape index (κ1) is 26.9.